The summed E-state index contributed by atoms with van der Waals surface area (Å²) in [5.74, 6) is -0.515. The summed E-state index contributed by atoms with van der Waals surface area (Å²) in [7, 11) is 0. The molecule has 2 aromatic carbocycles. The number of aromatic nitrogens is 1. The molecule has 0 atom stereocenters. The molecule has 6 heteroatoms. The van der Waals surface area contributed by atoms with Crippen LogP contribution in [-0.2, 0) is 13.1 Å². The number of hydrogen-bond acceptors (Lipinski definition) is 2. The molecule has 2 heterocycles. The number of carbonyl (C=O) groups is 1. The lowest BCUT2D eigenvalue weighted by atomic mass is 10.2. The molecule has 3 nitrogen and oxygen atoms in total. The van der Waals surface area contributed by atoms with Gasteiger partial charge in [0.1, 0.15) is 11.5 Å². The van der Waals surface area contributed by atoms with Crippen LogP contribution in [0.25, 0.3) is 10.2 Å². The lowest BCUT2D eigenvalue weighted by molar-refractivity contribution is 0.0942. The Hall–Kier alpha value is -2.63. The van der Waals surface area contributed by atoms with Gasteiger partial charge in [0.2, 0.25) is 0 Å². The van der Waals surface area contributed by atoms with Gasteiger partial charge < -0.3 is 9.88 Å². The first kappa shape index (κ1) is 17.8. The highest BCUT2D eigenvalue weighted by Crippen LogP contribution is 2.27. The molecule has 1 N–H and O–H groups in total. The molecule has 0 fully saturated rings. The van der Waals surface area contributed by atoms with Crippen molar-refractivity contribution in [1.29, 1.82) is 0 Å². The fourth-order valence-electron chi connectivity index (χ4n) is 3.05. The minimum atomic E-state index is -0.315. The van der Waals surface area contributed by atoms with Gasteiger partial charge in [0.05, 0.1) is 10.2 Å². The first-order valence-corrected chi connectivity index (χ1v) is 9.70. The average Bonchev–Trinajstić information content (AvgIpc) is 3.24. The van der Waals surface area contributed by atoms with E-state index >= 15 is 0 Å². The minimum Gasteiger partial charge on any atom is -0.347 e. The van der Waals surface area contributed by atoms with E-state index in [9.17, 15) is 9.18 Å². The van der Waals surface area contributed by atoms with Crippen LogP contribution in [0, 0.1) is 5.82 Å². The molecular weight excluding hydrogens is 383 g/mol. The Balaban J connectivity index is 1.62. The smallest absolute Gasteiger partial charge is 0.268 e. The number of halogens is 2. The second-order valence-electron chi connectivity index (χ2n) is 6.19. The molecule has 136 valence electrons. The van der Waals surface area contributed by atoms with E-state index in [1.165, 1.54) is 12.1 Å². The maximum Gasteiger partial charge on any atom is 0.268 e. The molecule has 0 spiro atoms. The number of hydrogen-bond donors (Lipinski definition) is 1. The van der Waals surface area contributed by atoms with Crippen molar-refractivity contribution in [3.63, 3.8) is 0 Å². The van der Waals surface area contributed by atoms with E-state index in [2.05, 4.69) is 5.32 Å². The lowest BCUT2D eigenvalue weighted by Gasteiger charge is -2.12. The number of carbonyl (C=O) groups excluding carboxylic acids is 1. The zero-order chi connectivity index (χ0) is 18.8. The van der Waals surface area contributed by atoms with E-state index in [4.69, 9.17) is 11.6 Å². The Labute approximate surface area is 165 Å². The van der Waals surface area contributed by atoms with E-state index in [-0.39, 0.29) is 18.3 Å². The van der Waals surface area contributed by atoms with Gasteiger partial charge in [-0.1, -0.05) is 41.9 Å². The summed E-state index contributed by atoms with van der Waals surface area (Å²) >= 11 is 7.89. The zero-order valence-electron chi connectivity index (χ0n) is 14.3. The minimum absolute atomic E-state index is 0.199. The van der Waals surface area contributed by atoms with E-state index in [0.29, 0.717) is 17.3 Å². The normalized spacial score (nSPS) is 11.0. The van der Waals surface area contributed by atoms with Gasteiger partial charge >= 0.3 is 0 Å². The quantitative estimate of drug-likeness (QED) is 0.475. The van der Waals surface area contributed by atoms with Gasteiger partial charge in [-0.15, -0.1) is 11.3 Å². The fraction of sp³-hybridized carbons (Fsp3) is 0.0952. The van der Waals surface area contributed by atoms with Crippen LogP contribution >= 0.6 is 22.9 Å². The van der Waals surface area contributed by atoms with Crippen LogP contribution in [-0.4, -0.2) is 10.5 Å². The molecule has 0 aliphatic heterocycles. The molecular formula is C21H16ClFN2OS. The third kappa shape index (κ3) is 3.75. The summed E-state index contributed by atoms with van der Waals surface area (Å²) in [6, 6.07) is 17.7. The van der Waals surface area contributed by atoms with Crippen LogP contribution in [0.2, 0.25) is 5.02 Å². The van der Waals surface area contributed by atoms with Crippen LogP contribution in [0.3, 0.4) is 0 Å². The summed E-state index contributed by atoms with van der Waals surface area (Å²) in [6.45, 7) is 0.768. The first-order chi connectivity index (χ1) is 13.1. The third-order valence-corrected chi connectivity index (χ3v) is 5.61. The van der Waals surface area contributed by atoms with Crippen LogP contribution < -0.4 is 5.32 Å². The van der Waals surface area contributed by atoms with Gasteiger partial charge in [-0.2, -0.15) is 0 Å². The highest BCUT2D eigenvalue weighted by atomic mass is 35.5. The largest absolute Gasteiger partial charge is 0.347 e. The molecule has 0 saturated heterocycles. The van der Waals surface area contributed by atoms with Crippen molar-refractivity contribution in [1.82, 2.24) is 9.88 Å². The summed E-state index contributed by atoms with van der Waals surface area (Å²) in [4.78, 5) is 12.8. The summed E-state index contributed by atoms with van der Waals surface area (Å²) in [5, 5.41) is 5.55. The molecule has 1 amide bonds. The Morgan fingerprint density at radius 2 is 1.96 bits per heavy atom. The summed E-state index contributed by atoms with van der Waals surface area (Å²) in [6.07, 6.45) is 0. The Morgan fingerprint density at radius 3 is 2.78 bits per heavy atom. The summed E-state index contributed by atoms with van der Waals surface area (Å²) in [5.41, 5.74) is 3.22. The van der Waals surface area contributed by atoms with Gasteiger partial charge in [0, 0.05) is 18.1 Å². The van der Waals surface area contributed by atoms with Crippen LogP contribution in [0.15, 0.2) is 66.0 Å². The van der Waals surface area contributed by atoms with Crippen molar-refractivity contribution in [2.24, 2.45) is 0 Å². The molecule has 2 aromatic heterocycles. The van der Waals surface area contributed by atoms with Crippen molar-refractivity contribution in [2.75, 3.05) is 0 Å². The van der Waals surface area contributed by atoms with E-state index in [1.807, 2.05) is 46.3 Å². The number of rotatable bonds is 5. The highest BCUT2D eigenvalue weighted by Gasteiger charge is 2.17. The maximum absolute atomic E-state index is 13.3. The zero-order valence-corrected chi connectivity index (χ0v) is 15.9. The van der Waals surface area contributed by atoms with Gasteiger partial charge in [-0.05, 0) is 46.8 Å². The molecule has 0 radical (unpaired) electrons. The average molecular weight is 399 g/mol. The number of nitrogens with one attached hydrogen (secondary N) is 1. The second-order valence-corrected chi connectivity index (χ2v) is 7.54. The van der Waals surface area contributed by atoms with Crippen molar-refractivity contribution < 1.29 is 9.18 Å². The Kier molecular flexibility index (Phi) is 4.97. The first-order valence-electron chi connectivity index (χ1n) is 8.44. The number of fused-ring (bicyclic) bond motifs is 1. The second kappa shape index (κ2) is 7.55. The number of benzene rings is 2. The molecule has 0 aliphatic carbocycles. The van der Waals surface area contributed by atoms with Crippen molar-refractivity contribution >= 4 is 39.1 Å². The van der Waals surface area contributed by atoms with Gasteiger partial charge in [-0.25, -0.2) is 4.39 Å². The van der Waals surface area contributed by atoms with Crippen molar-refractivity contribution in [2.45, 2.75) is 13.1 Å². The molecule has 0 aliphatic rings. The molecule has 4 rings (SSSR count). The SMILES string of the molecule is O=C(NCc1cccc(F)c1)c1cc2sccc2n1Cc1ccccc1Cl. The van der Waals surface area contributed by atoms with E-state index in [0.717, 1.165) is 21.3 Å². The number of amides is 1. The standard InChI is InChI=1S/C21H16ClFN2OS/c22-17-7-2-1-5-15(17)13-25-18-8-9-27-20(18)11-19(25)21(26)24-12-14-4-3-6-16(23)10-14/h1-11H,12-13H2,(H,24,26). The van der Waals surface area contributed by atoms with Gasteiger partial charge in [0.25, 0.3) is 5.91 Å². The maximum atomic E-state index is 13.3. The molecule has 0 unspecified atom stereocenters. The molecule has 4 aromatic rings. The van der Waals surface area contributed by atoms with Crippen LogP contribution in [0.4, 0.5) is 4.39 Å². The van der Waals surface area contributed by atoms with E-state index < -0.39 is 0 Å². The monoisotopic (exact) mass is 398 g/mol. The Morgan fingerprint density at radius 1 is 1.11 bits per heavy atom. The lowest BCUT2D eigenvalue weighted by Crippen LogP contribution is -2.25. The van der Waals surface area contributed by atoms with Crippen LogP contribution in [0.1, 0.15) is 21.6 Å². The fourth-order valence-corrected chi connectivity index (χ4v) is 4.07. The number of thiophene rings is 1. The molecule has 0 bridgehead atoms. The van der Waals surface area contributed by atoms with Crippen LogP contribution in [0.5, 0.6) is 0 Å². The van der Waals surface area contributed by atoms with Gasteiger partial charge in [-0.3, -0.25) is 4.79 Å². The third-order valence-electron chi connectivity index (χ3n) is 4.38. The predicted molar refractivity (Wildman–Crippen MR) is 108 cm³/mol. The topological polar surface area (TPSA) is 34.0 Å². The molecule has 0 saturated carbocycles. The molecule has 27 heavy (non-hydrogen) atoms. The van der Waals surface area contributed by atoms with E-state index in [1.54, 1.807) is 23.5 Å². The van der Waals surface area contributed by atoms with Crippen molar-refractivity contribution in [3.05, 3.63) is 93.7 Å². The Bertz CT molecular complexity index is 1120. The van der Waals surface area contributed by atoms with Gasteiger partial charge in [0.15, 0.2) is 0 Å². The van der Waals surface area contributed by atoms with Crippen molar-refractivity contribution in [3.8, 4) is 0 Å². The predicted octanol–water partition coefficient (Wildman–Crippen LogP) is 5.47. The summed E-state index contributed by atoms with van der Waals surface area (Å²) < 4.78 is 16.3. The highest BCUT2D eigenvalue weighted by molar-refractivity contribution is 7.17. The number of nitrogens with zero attached hydrogens (tertiary/aromatic N) is 1.